The molecule has 0 radical (unpaired) electrons. The van der Waals surface area contributed by atoms with Gasteiger partial charge in [-0.25, -0.2) is 27.7 Å². The summed E-state index contributed by atoms with van der Waals surface area (Å²) in [7, 11) is 0. The fourth-order valence-corrected chi connectivity index (χ4v) is 5.08. The third-order valence-corrected chi connectivity index (χ3v) is 6.90. The largest absolute Gasteiger partial charge is 0.443 e. The molecule has 0 unspecified atom stereocenters. The maximum Gasteiger partial charge on any atom is 0.419 e. The van der Waals surface area contributed by atoms with Gasteiger partial charge in [0.15, 0.2) is 11.6 Å². The van der Waals surface area contributed by atoms with Gasteiger partial charge in [0.2, 0.25) is 0 Å². The second kappa shape index (κ2) is 10.7. The Hall–Kier alpha value is -3.07. The molecule has 9 heteroatoms. The molecule has 2 atom stereocenters. The second-order valence-corrected chi connectivity index (χ2v) is 9.28. The van der Waals surface area contributed by atoms with Crippen molar-refractivity contribution in [1.29, 1.82) is 0 Å². The highest BCUT2D eigenvalue weighted by Crippen LogP contribution is 2.34. The molecule has 6 nitrogen and oxygen atoms in total. The summed E-state index contributed by atoms with van der Waals surface area (Å²) in [6.07, 6.45) is 1.17. The quantitative estimate of drug-likeness (QED) is 0.562. The second-order valence-electron chi connectivity index (χ2n) is 9.28. The smallest absolute Gasteiger partial charge is 0.419 e. The van der Waals surface area contributed by atoms with Gasteiger partial charge in [-0.1, -0.05) is 12.1 Å². The summed E-state index contributed by atoms with van der Waals surface area (Å²) in [6.45, 7) is 6.55. The maximum absolute atomic E-state index is 13.7. The molecule has 2 aromatic carbocycles. The van der Waals surface area contributed by atoms with Gasteiger partial charge in [-0.15, -0.1) is 0 Å². The highest BCUT2D eigenvalue weighted by molar-refractivity contribution is 5.93. The Balaban J connectivity index is 1.25. The number of urea groups is 1. The molecular weight excluding hydrogens is 459 g/mol. The van der Waals surface area contributed by atoms with Gasteiger partial charge in [0.1, 0.15) is 18.0 Å². The minimum Gasteiger partial charge on any atom is -0.443 e. The molecule has 2 aromatic rings. The molecule has 3 amide bonds. The third-order valence-electron chi connectivity index (χ3n) is 6.90. The molecule has 0 aromatic heterocycles. The number of cyclic esters (lactones) is 1. The topological polar surface area (TPSA) is 61.9 Å². The van der Waals surface area contributed by atoms with Crippen LogP contribution in [0.25, 0.3) is 0 Å². The van der Waals surface area contributed by atoms with Gasteiger partial charge in [-0.3, -0.25) is 0 Å². The molecule has 2 aliphatic rings. The highest BCUT2D eigenvalue weighted by atomic mass is 19.2. The van der Waals surface area contributed by atoms with Crippen LogP contribution in [0.4, 0.5) is 22.8 Å². The van der Waals surface area contributed by atoms with Gasteiger partial charge in [-0.2, -0.15) is 0 Å². The van der Waals surface area contributed by atoms with Gasteiger partial charge >= 0.3 is 12.1 Å². The summed E-state index contributed by atoms with van der Waals surface area (Å²) in [5.41, 5.74) is 2.49. The first-order valence-corrected chi connectivity index (χ1v) is 12.0. The number of nitrogens with one attached hydrogen (secondary N) is 1. The lowest BCUT2D eigenvalue weighted by Crippen LogP contribution is -2.43. The van der Waals surface area contributed by atoms with E-state index in [1.807, 2.05) is 13.0 Å². The number of carbonyl (C=O) groups excluding carboxylic acids is 2. The predicted molar refractivity (Wildman–Crippen MR) is 124 cm³/mol. The number of likely N-dealkylation sites (tertiary alicyclic amines) is 1. The van der Waals surface area contributed by atoms with Crippen molar-refractivity contribution < 1.29 is 27.5 Å². The number of amides is 3. The molecule has 2 fully saturated rings. The molecule has 4 rings (SSSR count). The zero-order valence-corrected chi connectivity index (χ0v) is 19.9. The molecule has 2 saturated heterocycles. The number of imide groups is 1. The lowest BCUT2D eigenvalue weighted by molar-refractivity contribution is 0.138. The minimum atomic E-state index is -1.05. The standard InChI is InChI=1S/C26H30F3N3O3/c1-16-14-20(27)5-6-21(16)18-8-12-31(13-9-18)11-3-10-30-25(33)32-24(17(2)35-26(32)34)19-4-7-22(28)23(29)15-19/h4-7,14-15,17-18,24H,3,8-13H2,1-2H3,(H,30,33)/t17-,24+/m1/s1. The zero-order chi connectivity index (χ0) is 25.1. The number of carbonyl (C=O) groups is 2. The number of aryl methyl sites for hydroxylation is 1. The number of ether oxygens (including phenoxy) is 1. The number of hydrogen-bond acceptors (Lipinski definition) is 4. The Bertz CT molecular complexity index is 1090. The van der Waals surface area contributed by atoms with Crippen molar-refractivity contribution in [2.24, 2.45) is 0 Å². The van der Waals surface area contributed by atoms with Crippen molar-refractivity contribution in [2.45, 2.75) is 51.2 Å². The number of nitrogens with zero attached hydrogens (tertiary/aromatic N) is 2. The van der Waals surface area contributed by atoms with E-state index >= 15 is 0 Å². The minimum absolute atomic E-state index is 0.210. The summed E-state index contributed by atoms with van der Waals surface area (Å²) in [5, 5.41) is 2.74. The van der Waals surface area contributed by atoms with Crippen LogP contribution >= 0.6 is 0 Å². The first-order chi connectivity index (χ1) is 16.7. The molecular formula is C26H30F3N3O3. The van der Waals surface area contributed by atoms with Crippen LogP contribution in [-0.2, 0) is 4.74 Å². The van der Waals surface area contributed by atoms with E-state index in [9.17, 15) is 22.8 Å². The molecule has 0 spiro atoms. The van der Waals surface area contributed by atoms with E-state index in [4.69, 9.17) is 4.74 Å². The number of halogens is 3. The van der Waals surface area contributed by atoms with Crippen LogP contribution < -0.4 is 5.32 Å². The van der Waals surface area contributed by atoms with E-state index in [1.165, 1.54) is 17.7 Å². The van der Waals surface area contributed by atoms with Gasteiger partial charge in [0.25, 0.3) is 0 Å². The van der Waals surface area contributed by atoms with Crippen LogP contribution in [0.15, 0.2) is 36.4 Å². The Kier molecular flexibility index (Phi) is 7.64. The molecule has 2 aliphatic heterocycles. The molecule has 188 valence electrons. The molecule has 0 bridgehead atoms. The SMILES string of the molecule is Cc1cc(F)ccc1C1CCN(CCCNC(=O)N2C(=O)O[C@H](C)[C@H]2c2ccc(F)c(F)c2)CC1. The van der Waals surface area contributed by atoms with Crippen LogP contribution in [-0.4, -0.2) is 54.2 Å². The van der Waals surface area contributed by atoms with Gasteiger partial charge in [-0.05, 0) is 99.6 Å². The molecule has 0 saturated carbocycles. The van der Waals surface area contributed by atoms with E-state index in [0.717, 1.165) is 55.1 Å². The van der Waals surface area contributed by atoms with E-state index in [0.29, 0.717) is 18.9 Å². The lowest BCUT2D eigenvalue weighted by atomic mass is 9.87. The monoisotopic (exact) mass is 489 g/mol. The zero-order valence-electron chi connectivity index (χ0n) is 19.9. The van der Waals surface area contributed by atoms with Crippen LogP contribution in [0.5, 0.6) is 0 Å². The van der Waals surface area contributed by atoms with Crippen molar-refractivity contribution >= 4 is 12.1 Å². The summed E-state index contributed by atoms with van der Waals surface area (Å²) >= 11 is 0. The van der Waals surface area contributed by atoms with Crippen LogP contribution in [0.1, 0.15) is 54.8 Å². The Morgan fingerprint density at radius 2 is 1.83 bits per heavy atom. The van der Waals surface area contributed by atoms with Crippen LogP contribution in [0, 0.1) is 24.4 Å². The highest BCUT2D eigenvalue weighted by Gasteiger charge is 2.44. The van der Waals surface area contributed by atoms with Gasteiger partial charge in [0, 0.05) is 6.54 Å². The third kappa shape index (κ3) is 5.61. The van der Waals surface area contributed by atoms with Crippen molar-refractivity contribution in [3.05, 3.63) is 70.5 Å². The van der Waals surface area contributed by atoms with Crippen molar-refractivity contribution in [3.8, 4) is 0 Å². The number of piperidine rings is 1. The molecule has 35 heavy (non-hydrogen) atoms. The maximum atomic E-state index is 13.7. The molecule has 1 N–H and O–H groups in total. The average molecular weight is 490 g/mol. The Labute approximate surface area is 203 Å². The van der Waals surface area contributed by atoms with Crippen molar-refractivity contribution in [2.75, 3.05) is 26.2 Å². The summed E-state index contributed by atoms with van der Waals surface area (Å²) < 4.78 is 45.6. The molecule has 0 aliphatic carbocycles. The number of benzene rings is 2. The Morgan fingerprint density at radius 3 is 2.51 bits per heavy atom. The van der Waals surface area contributed by atoms with E-state index in [1.54, 1.807) is 13.0 Å². The Morgan fingerprint density at radius 1 is 1.09 bits per heavy atom. The summed E-state index contributed by atoms with van der Waals surface area (Å²) in [6, 6.07) is 6.82. The normalized spacial score (nSPS) is 21.3. The van der Waals surface area contributed by atoms with Crippen molar-refractivity contribution in [3.63, 3.8) is 0 Å². The lowest BCUT2D eigenvalue weighted by Gasteiger charge is -2.33. The van der Waals surface area contributed by atoms with Crippen LogP contribution in [0.2, 0.25) is 0 Å². The van der Waals surface area contributed by atoms with Crippen molar-refractivity contribution in [1.82, 2.24) is 15.1 Å². The summed E-state index contributed by atoms with van der Waals surface area (Å²) in [5.74, 6) is -1.84. The first kappa shape index (κ1) is 25.0. The molecule has 2 heterocycles. The summed E-state index contributed by atoms with van der Waals surface area (Å²) in [4.78, 5) is 28.3. The van der Waals surface area contributed by atoms with E-state index in [-0.39, 0.29) is 11.4 Å². The number of hydrogen-bond donors (Lipinski definition) is 1. The fraction of sp³-hybridized carbons (Fsp3) is 0.462. The number of rotatable bonds is 6. The van der Waals surface area contributed by atoms with Gasteiger partial charge < -0.3 is 15.0 Å². The van der Waals surface area contributed by atoms with E-state index in [2.05, 4.69) is 10.2 Å². The van der Waals surface area contributed by atoms with Gasteiger partial charge in [0.05, 0.1) is 0 Å². The van der Waals surface area contributed by atoms with E-state index < -0.39 is 35.9 Å². The average Bonchev–Trinajstić information content (AvgIpc) is 3.12. The first-order valence-electron chi connectivity index (χ1n) is 12.0. The van der Waals surface area contributed by atoms with Crippen LogP contribution in [0.3, 0.4) is 0 Å². The fourth-order valence-electron chi connectivity index (χ4n) is 5.08. The predicted octanol–water partition coefficient (Wildman–Crippen LogP) is 5.27.